The first kappa shape index (κ1) is 23.0. The van der Waals surface area contributed by atoms with E-state index in [4.69, 9.17) is 4.74 Å². The zero-order valence-corrected chi connectivity index (χ0v) is 19.8. The van der Waals surface area contributed by atoms with Gasteiger partial charge in [0.15, 0.2) is 5.82 Å². The number of hydrogen-bond donors (Lipinski definition) is 1. The molecule has 0 atom stereocenters. The van der Waals surface area contributed by atoms with Crippen LogP contribution < -0.4 is 5.32 Å². The number of nitrogens with zero attached hydrogens (tertiary/aromatic N) is 4. The molecule has 3 aromatic heterocycles. The maximum Gasteiger partial charge on any atom is 0.341 e. The van der Waals surface area contributed by atoms with Crippen LogP contribution in [0.5, 0.6) is 0 Å². The van der Waals surface area contributed by atoms with Crippen LogP contribution in [0.25, 0.3) is 5.82 Å². The van der Waals surface area contributed by atoms with Crippen LogP contribution in [0.4, 0.5) is 5.00 Å². The Balaban J connectivity index is 1.65. The molecule has 0 aromatic carbocycles. The summed E-state index contributed by atoms with van der Waals surface area (Å²) < 4.78 is 6.91. The number of thioether (sulfide) groups is 1. The van der Waals surface area contributed by atoms with Crippen LogP contribution in [0.1, 0.15) is 46.0 Å². The molecule has 0 bridgehead atoms. The molecule has 31 heavy (non-hydrogen) atoms. The molecular formula is C21H25N5O3S2. The van der Waals surface area contributed by atoms with Gasteiger partial charge in [-0.05, 0) is 57.9 Å². The van der Waals surface area contributed by atoms with Crippen molar-refractivity contribution in [3.05, 3.63) is 45.6 Å². The minimum absolute atomic E-state index is 0.147. The van der Waals surface area contributed by atoms with Crippen LogP contribution in [0.15, 0.2) is 23.2 Å². The number of thiophene rings is 1. The van der Waals surface area contributed by atoms with Gasteiger partial charge in [-0.2, -0.15) is 5.10 Å². The van der Waals surface area contributed by atoms with Gasteiger partial charge in [-0.1, -0.05) is 18.7 Å². The second-order valence-electron chi connectivity index (χ2n) is 6.82. The highest BCUT2D eigenvalue weighted by atomic mass is 32.2. The van der Waals surface area contributed by atoms with E-state index in [2.05, 4.69) is 20.6 Å². The van der Waals surface area contributed by atoms with Gasteiger partial charge in [-0.15, -0.1) is 21.5 Å². The molecule has 10 heteroatoms. The van der Waals surface area contributed by atoms with Gasteiger partial charge in [0.05, 0.1) is 23.6 Å². The van der Waals surface area contributed by atoms with E-state index in [1.54, 1.807) is 11.6 Å². The fourth-order valence-corrected chi connectivity index (χ4v) is 4.94. The second-order valence-corrected chi connectivity index (χ2v) is 9.04. The molecule has 0 fully saturated rings. The van der Waals surface area contributed by atoms with E-state index in [9.17, 15) is 9.59 Å². The zero-order chi connectivity index (χ0) is 22.5. The molecule has 0 aliphatic carbocycles. The standard InChI is InChI=1S/C21H25N5O3S2/c1-6-15-14(5)31-20(19(15)21(28)29-7-2)22-17(27)11-30-18-9-8-16(23-24-18)26-13(4)10-12(3)25-26/h8-10H,6-7,11H2,1-5H3,(H,22,27). The summed E-state index contributed by atoms with van der Waals surface area (Å²) in [7, 11) is 0. The van der Waals surface area contributed by atoms with Gasteiger partial charge in [0.2, 0.25) is 5.91 Å². The van der Waals surface area contributed by atoms with E-state index < -0.39 is 5.97 Å². The lowest BCUT2D eigenvalue weighted by Gasteiger charge is -2.08. The van der Waals surface area contributed by atoms with Crippen molar-refractivity contribution >= 4 is 40.0 Å². The molecule has 164 valence electrons. The first-order valence-electron chi connectivity index (χ1n) is 9.93. The van der Waals surface area contributed by atoms with Gasteiger partial charge in [0.25, 0.3) is 0 Å². The lowest BCUT2D eigenvalue weighted by atomic mass is 10.1. The van der Waals surface area contributed by atoms with E-state index in [0.717, 1.165) is 21.8 Å². The van der Waals surface area contributed by atoms with Crippen LogP contribution >= 0.6 is 23.1 Å². The minimum atomic E-state index is -0.405. The molecule has 0 unspecified atom stereocenters. The summed E-state index contributed by atoms with van der Waals surface area (Å²) >= 11 is 2.67. The number of carbonyl (C=O) groups excluding carboxylic acids is 2. The summed E-state index contributed by atoms with van der Waals surface area (Å²) in [4.78, 5) is 25.9. The number of carbonyl (C=O) groups is 2. The van der Waals surface area contributed by atoms with Crippen molar-refractivity contribution in [2.24, 2.45) is 0 Å². The Hall–Kier alpha value is -2.72. The van der Waals surface area contributed by atoms with Crippen LogP contribution in [0.3, 0.4) is 0 Å². The van der Waals surface area contributed by atoms with Crippen molar-refractivity contribution in [2.75, 3.05) is 17.7 Å². The van der Waals surface area contributed by atoms with Crippen LogP contribution in [0, 0.1) is 20.8 Å². The Labute approximate surface area is 189 Å². The third-order valence-corrected chi connectivity index (χ3v) is 6.48. The number of aromatic nitrogens is 4. The zero-order valence-electron chi connectivity index (χ0n) is 18.2. The molecule has 0 aliphatic rings. The number of ether oxygens (including phenoxy) is 1. The largest absolute Gasteiger partial charge is 0.462 e. The smallest absolute Gasteiger partial charge is 0.341 e. The lowest BCUT2D eigenvalue weighted by molar-refractivity contribution is -0.113. The molecule has 1 N–H and O–H groups in total. The Kier molecular flexibility index (Phi) is 7.45. The van der Waals surface area contributed by atoms with Crippen molar-refractivity contribution in [3.8, 4) is 5.82 Å². The average Bonchev–Trinajstić information content (AvgIpc) is 3.24. The number of aryl methyl sites for hydroxylation is 3. The predicted molar refractivity (Wildman–Crippen MR) is 122 cm³/mol. The van der Waals surface area contributed by atoms with Crippen molar-refractivity contribution < 1.29 is 14.3 Å². The molecule has 0 saturated carbocycles. The Morgan fingerprint density at radius 3 is 2.55 bits per heavy atom. The summed E-state index contributed by atoms with van der Waals surface area (Å²) in [6.07, 6.45) is 0.693. The van der Waals surface area contributed by atoms with Gasteiger partial charge < -0.3 is 10.1 Å². The molecule has 0 radical (unpaired) electrons. The quantitative estimate of drug-likeness (QED) is 0.400. The van der Waals surface area contributed by atoms with E-state index in [-0.39, 0.29) is 18.3 Å². The van der Waals surface area contributed by atoms with Crippen molar-refractivity contribution in [1.82, 2.24) is 20.0 Å². The maximum absolute atomic E-state index is 12.5. The highest BCUT2D eigenvalue weighted by Crippen LogP contribution is 2.34. The molecule has 3 rings (SSSR count). The topological polar surface area (TPSA) is 99.0 Å². The first-order valence-corrected chi connectivity index (χ1v) is 11.7. The summed E-state index contributed by atoms with van der Waals surface area (Å²) in [5.74, 6) is 0.148. The highest BCUT2D eigenvalue weighted by molar-refractivity contribution is 7.99. The third kappa shape index (κ3) is 5.31. The van der Waals surface area contributed by atoms with Crippen molar-refractivity contribution in [2.45, 2.75) is 46.1 Å². The lowest BCUT2D eigenvalue weighted by Crippen LogP contribution is -2.17. The molecule has 8 nitrogen and oxygen atoms in total. The molecular weight excluding hydrogens is 434 g/mol. The Bertz CT molecular complexity index is 1090. The normalized spacial score (nSPS) is 10.9. The minimum Gasteiger partial charge on any atom is -0.462 e. The second kappa shape index (κ2) is 10.1. The molecule has 0 saturated heterocycles. The number of amides is 1. The number of nitrogens with one attached hydrogen (secondary N) is 1. The van der Waals surface area contributed by atoms with Crippen LogP contribution in [-0.2, 0) is 16.0 Å². The number of esters is 1. The summed E-state index contributed by atoms with van der Waals surface area (Å²) in [5.41, 5.74) is 3.25. The van der Waals surface area contributed by atoms with Crippen LogP contribution in [-0.4, -0.2) is 44.2 Å². The van der Waals surface area contributed by atoms with Crippen molar-refractivity contribution in [3.63, 3.8) is 0 Å². The van der Waals surface area contributed by atoms with E-state index >= 15 is 0 Å². The molecule has 1 amide bonds. The molecule has 0 aliphatic heterocycles. The van der Waals surface area contributed by atoms with Gasteiger partial charge in [0.1, 0.15) is 10.0 Å². The highest BCUT2D eigenvalue weighted by Gasteiger charge is 2.23. The van der Waals surface area contributed by atoms with Crippen molar-refractivity contribution in [1.29, 1.82) is 0 Å². The van der Waals surface area contributed by atoms with Gasteiger partial charge in [0, 0.05) is 10.6 Å². The van der Waals surface area contributed by atoms with Gasteiger partial charge in [-0.3, -0.25) is 4.79 Å². The van der Waals surface area contributed by atoms with Gasteiger partial charge in [-0.25, -0.2) is 9.48 Å². The number of anilines is 1. The Morgan fingerprint density at radius 1 is 1.19 bits per heavy atom. The molecule has 3 heterocycles. The third-order valence-electron chi connectivity index (χ3n) is 4.50. The first-order chi connectivity index (χ1) is 14.8. The SMILES string of the molecule is CCOC(=O)c1c(NC(=O)CSc2ccc(-n3nc(C)cc3C)nn2)sc(C)c1CC. The average molecular weight is 460 g/mol. The number of hydrogen-bond acceptors (Lipinski definition) is 8. The predicted octanol–water partition coefficient (Wildman–Crippen LogP) is 4.12. The number of rotatable bonds is 8. The van der Waals surface area contributed by atoms with E-state index in [1.807, 2.05) is 45.9 Å². The van der Waals surface area contributed by atoms with E-state index in [0.29, 0.717) is 27.8 Å². The summed E-state index contributed by atoms with van der Waals surface area (Å²) in [6.45, 7) is 9.84. The van der Waals surface area contributed by atoms with Crippen LogP contribution in [0.2, 0.25) is 0 Å². The summed E-state index contributed by atoms with van der Waals surface area (Å²) in [6, 6.07) is 5.60. The fraction of sp³-hybridized carbons (Fsp3) is 0.381. The Morgan fingerprint density at radius 2 is 1.97 bits per heavy atom. The maximum atomic E-state index is 12.5. The van der Waals surface area contributed by atoms with Gasteiger partial charge >= 0.3 is 5.97 Å². The summed E-state index contributed by atoms with van der Waals surface area (Å²) in [5, 5.41) is 16.8. The monoisotopic (exact) mass is 459 g/mol. The fourth-order valence-electron chi connectivity index (χ4n) is 3.18. The van der Waals surface area contributed by atoms with E-state index in [1.165, 1.54) is 23.1 Å². The molecule has 3 aromatic rings. The molecule has 0 spiro atoms.